The molecule has 0 aliphatic carbocycles. The van der Waals surface area contributed by atoms with Crippen LogP contribution in [0, 0.1) is 0 Å². The molecule has 2 rings (SSSR count). The second-order valence-electron chi connectivity index (χ2n) is 4.27. The highest BCUT2D eigenvalue weighted by molar-refractivity contribution is 6.17. The number of halogens is 4. The Morgan fingerprint density at radius 1 is 1.30 bits per heavy atom. The lowest BCUT2D eigenvalue weighted by Crippen LogP contribution is -2.09. The molecule has 0 aliphatic heterocycles. The van der Waals surface area contributed by atoms with E-state index in [9.17, 15) is 13.2 Å². The fourth-order valence-electron chi connectivity index (χ4n) is 1.72. The average Bonchev–Trinajstić information content (AvgIpc) is 2.81. The van der Waals surface area contributed by atoms with E-state index in [0.717, 1.165) is 6.07 Å². The van der Waals surface area contributed by atoms with E-state index >= 15 is 0 Å². The van der Waals surface area contributed by atoms with Gasteiger partial charge in [-0.2, -0.15) is 18.3 Å². The van der Waals surface area contributed by atoms with Crippen LogP contribution < -0.4 is 4.74 Å². The van der Waals surface area contributed by atoms with Crippen LogP contribution in [0.4, 0.5) is 13.2 Å². The van der Waals surface area contributed by atoms with Gasteiger partial charge in [0.05, 0.1) is 11.8 Å². The molecular weight excluding hydrogens is 293 g/mol. The van der Waals surface area contributed by atoms with Gasteiger partial charge in [-0.25, -0.2) is 0 Å². The monoisotopic (exact) mass is 304 g/mol. The number of rotatable bonds is 4. The van der Waals surface area contributed by atoms with E-state index in [1.54, 1.807) is 24.1 Å². The maximum atomic E-state index is 13.0. The van der Waals surface area contributed by atoms with Crippen LogP contribution in [0.2, 0.25) is 0 Å². The van der Waals surface area contributed by atoms with E-state index in [-0.39, 0.29) is 18.2 Å². The first-order valence-electron chi connectivity index (χ1n) is 5.76. The van der Waals surface area contributed by atoms with Crippen LogP contribution in [0.1, 0.15) is 16.7 Å². The molecule has 1 aromatic carbocycles. The molecule has 0 radical (unpaired) electrons. The highest BCUT2D eigenvalue weighted by atomic mass is 35.5. The van der Waals surface area contributed by atoms with Crippen molar-refractivity contribution in [3.05, 3.63) is 47.3 Å². The van der Waals surface area contributed by atoms with Gasteiger partial charge < -0.3 is 4.74 Å². The van der Waals surface area contributed by atoms with E-state index in [2.05, 4.69) is 5.10 Å². The molecule has 2 aromatic rings. The lowest BCUT2D eigenvalue weighted by Gasteiger charge is -2.14. The fourth-order valence-corrected chi connectivity index (χ4v) is 1.88. The first-order valence-corrected chi connectivity index (χ1v) is 6.30. The number of benzene rings is 1. The number of ether oxygens (including phenoxy) is 1. The molecule has 0 unspecified atom stereocenters. The standard InChI is InChI=1S/C13H12ClF3N2O/c1-19-7-10(6-18-19)8-20-12-3-2-9(5-14)4-11(12)13(15,16)17/h2-4,6-7H,5,8H2,1H3. The molecule has 0 atom stereocenters. The van der Waals surface area contributed by atoms with Gasteiger partial charge in [0.15, 0.2) is 0 Å². The van der Waals surface area contributed by atoms with Crippen molar-refractivity contribution in [2.24, 2.45) is 7.05 Å². The van der Waals surface area contributed by atoms with Crippen molar-refractivity contribution in [2.75, 3.05) is 0 Å². The van der Waals surface area contributed by atoms with Crippen molar-refractivity contribution in [2.45, 2.75) is 18.7 Å². The molecule has 1 aromatic heterocycles. The Morgan fingerprint density at radius 3 is 2.60 bits per heavy atom. The molecule has 0 saturated carbocycles. The topological polar surface area (TPSA) is 27.1 Å². The summed E-state index contributed by atoms with van der Waals surface area (Å²) in [5.41, 5.74) is 0.273. The van der Waals surface area contributed by atoms with Gasteiger partial charge in [-0.15, -0.1) is 11.6 Å². The molecule has 1 heterocycles. The lowest BCUT2D eigenvalue weighted by atomic mass is 10.1. The van der Waals surface area contributed by atoms with Crippen molar-refractivity contribution >= 4 is 11.6 Å². The zero-order valence-corrected chi connectivity index (χ0v) is 11.4. The number of nitrogens with zero attached hydrogens (tertiary/aromatic N) is 2. The summed E-state index contributed by atoms with van der Waals surface area (Å²) in [5, 5.41) is 3.92. The van der Waals surface area contributed by atoms with E-state index in [4.69, 9.17) is 16.3 Å². The van der Waals surface area contributed by atoms with E-state index in [1.165, 1.54) is 12.1 Å². The predicted molar refractivity (Wildman–Crippen MR) is 68.5 cm³/mol. The molecule has 108 valence electrons. The first-order chi connectivity index (χ1) is 9.40. The van der Waals surface area contributed by atoms with Crippen LogP contribution in [-0.2, 0) is 25.7 Å². The van der Waals surface area contributed by atoms with Gasteiger partial charge in [0, 0.05) is 24.7 Å². The van der Waals surface area contributed by atoms with Gasteiger partial charge in [0.2, 0.25) is 0 Å². The molecule has 20 heavy (non-hydrogen) atoms. The van der Waals surface area contributed by atoms with E-state index < -0.39 is 11.7 Å². The molecule has 3 nitrogen and oxygen atoms in total. The molecule has 0 N–H and O–H groups in total. The summed E-state index contributed by atoms with van der Waals surface area (Å²) >= 11 is 5.56. The van der Waals surface area contributed by atoms with Gasteiger partial charge in [0.1, 0.15) is 12.4 Å². The minimum atomic E-state index is -4.48. The van der Waals surface area contributed by atoms with Crippen LogP contribution >= 0.6 is 11.6 Å². The SMILES string of the molecule is Cn1cc(COc2ccc(CCl)cc2C(F)(F)F)cn1. The summed E-state index contributed by atoms with van der Waals surface area (Å²) in [4.78, 5) is 0. The molecule has 0 bridgehead atoms. The Bertz CT molecular complexity index is 596. The van der Waals surface area contributed by atoms with Crippen LogP contribution in [0.5, 0.6) is 5.75 Å². The van der Waals surface area contributed by atoms with Gasteiger partial charge in [-0.1, -0.05) is 6.07 Å². The molecule has 7 heteroatoms. The van der Waals surface area contributed by atoms with Crippen LogP contribution in [0.3, 0.4) is 0 Å². The Balaban J connectivity index is 2.22. The summed E-state index contributed by atoms with van der Waals surface area (Å²) in [6.45, 7) is 0.0249. The first kappa shape index (κ1) is 14.7. The highest BCUT2D eigenvalue weighted by Gasteiger charge is 2.34. The summed E-state index contributed by atoms with van der Waals surface area (Å²) in [5.74, 6) is -0.193. The van der Waals surface area contributed by atoms with Crippen molar-refractivity contribution in [1.82, 2.24) is 9.78 Å². The van der Waals surface area contributed by atoms with E-state index in [1.807, 2.05) is 0 Å². The fraction of sp³-hybridized carbons (Fsp3) is 0.308. The zero-order chi connectivity index (χ0) is 14.8. The third-order valence-electron chi connectivity index (χ3n) is 2.66. The predicted octanol–water partition coefficient (Wildman–Crippen LogP) is 3.76. The van der Waals surface area contributed by atoms with Gasteiger partial charge in [-0.3, -0.25) is 4.68 Å². The Morgan fingerprint density at radius 2 is 2.05 bits per heavy atom. The highest BCUT2D eigenvalue weighted by Crippen LogP contribution is 2.37. The average molecular weight is 305 g/mol. The maximum absolute atomic E-state index is 13.0. The Labute approximate surface area is 118 Å². The second-order valence-corrected chi connectivity index (χ2v) is 4.54. The molecular formula is C13H12ClF3N2O. The van der Waals surface area contributed by atoms with Crippen LogP contribution in [0.25, 0.3) is 0 Å². The Kier molecular flexibility index (Phi) is 4.23. The summed E-state index contributed by atoms with van der Waals surface area (Å²) in [7, 11) is 1.72. The number of hydrogen-bond donors (Lipinski definition) is 0. The maximum Gasteiger partial charge on any atom is 0.419 e. The summed E-state index contributed by atoms with van der Waals surface area (Å²) in [6, 6.07) is 3.81. The second kappa shape index (κ2) is 5.75. The third kappa shape index (κ3) is 3.45. The molecule has 0 spiro atoms. The zero-order valence-electron chi connectivity index (χ0n) is 10.6. The van der Waals surface area contributed by atoms with Crippen LogP contribution in [-0.4, -0.2) is 9.78 Å². The van der Waals surface area contributed by atoms with Gasteiger partial charge in [0.25, 0.3) is 0 Å². The van der Waals surface area contributed by atoms with Gasteiger partial charge >= 0.3 is 6.18 Å². The van der Waals surface area contributed by atoms with Crippen molar-refractivity contribution < 1.29 is 17.9 Å². The van der Waals surface area contributed by atoms with Gasteiger partial charge in [-0.05, 0) is 17.7 Å². The smallest absolute Gasteiger partial charge is 0.419 e. The molecule has 0 aliphatic rings. The third-order valence-corrected chi connectivity index (χ3v) is 2.96. The largest absolute Gasteiger partial charge is 0.488 e. The Hall–Kier alpha value is -1.69. The number of aryl methyl sites for hydroxylation is 1. The van der Waals surface area contributed by atoms with Crippen molar-refractivity contribution in [3.8, 4) is 5.75 Å². The number of hydrogen-bond acceptors (Lipinski definition) is 2. The molecule has 0 amide bonds. The van der Waals surface area contributed by atoms with E-state index in [0.29, 0.717) is 11.1 Å². The lowest BCUT2D eigenvalue weighted by molar-refractivity contribution is -0.139. The van der Waals surface area contributed by atoms with Crippen molar-refractivity contribution in [1.29, 1.82) is 0 Å². The van der Waals surface area contributed by atoms with Crippen LogP contribution in [0.15, 0.2) is 30.6 Å². The van der Waals surface area contributed by atoms with Crippen molar-refractivity contribution in [3.63, 3.8) is 0 Å². The quantitative estimate of drug-likeness (QED) is 0.804. The minimum absolute atomic E-state index is 0.0198. The number of alkyl halides is 4. The minimum Gasteiger partial charge on any atom is -0.488 e. The molecule has 0 fully saturated rings. The molecule has 0 saturated heterocycles. The normalized spacial score (nSPS) is 11.7. The number of aromatic nitrogens is 2. The summed E-state index contributed by atoms with van der Waals surface area (Å²) < 4.78 is 45.7. The summed E-state index contributed by atoms with van der Waals surface area (Å²) in [6.07, 6.45) is -1.26.